The molecule has 1 unspecified atom stereocenters. The molecule has 5 nitrogen and oxygen atoms in total. The molecule has 0 spiro atoms. The Balaban J connectivity index is 1.43. The Labute approximate surface area is 200 Å². The summed E-state index contributed by atoms with van der Waals surface area (Å²) < 4.78 is 14.5. The van der Waals surface area contributed by atoms with E-state index in [0.29, 0.717) is 23.9 Å². The van der Waals surface area contributed by atoms with Gasteiger partial charge in [-0.2, -0.15) is 0 Å². The summed E-state index contributed by atoms with van der Waals surface area (Å²) in [5.41, 5.74) is 0.673. The van der Waals surface area contributed by atoms with Gasteiger partial charge in [0, 0.05) is 39.1 Å². The predicted molar refractivity (Wildman–Crippen MR) is 130 cm³/mol. The van der Waals surface area contributed by atoms with E-state index < -0.39 is 0 Å². The van der Waals surface area contributed by atoms with Crippen molar-refractivity contribution in [2.24, 2.45) is 5.92 Å². The second-order valence-electron chi connectivity index (χ2n) is 9.37. The van der Waals surface area contributed by atoms with Gasteiger partial charge in [0.2, 0.25) is 5.91 Å². The van der Waals surface area contributed by atoms with Gasteiger partial charge in [0.15, 0.2) is 0 Å². The molecule has 2 aliphatic heterocycles. The molecule has 2 amide bonds. The number of piperidine rings is 2. The van der Waals surface area contributed by atoms with Crippen molar-refractivity contribution in [1.29, 1.82) is 0 Å². The largest absolute Gasteiger partial charge is 0.343 e. The fourth-order valence-corrected chi connectivity index (χ4v) is 6.15. The minimum Gasteiger partial charge on any atom is -0.343 e. The lowest BCUT2D eigenvalue weighted by atomic mass is 9.84. The molecule has 178 valence electrons. The third-order valence-electron chi connectivity index (χ3n) is 7.48. The van der Waals surface area contributed by atoms with Gasteiger partial charge in [0.05, 0.1) is 4.88 Å². The number of rotatable bonds is 6. The number of benzene rings is 1. The van der Waals surface area contributed by atoms with Crippen LogP contribution in [-0.2, 0) is 11.2 Å². The molecule has 0 N–H and O–H groups in total. The van der Waals surface area contributed by atoms with Gasteiger partial charge in [-0.15, -0.1) is 11.3 Å². The SMILES string of the molecule is CC(=O)N1CCC(N2CCC(C(Cc3ccccc3F)N(C)C(=O)c3cccs3)CC2)CC1. The Morgan fingerprint density at radius 2 is 1.76 bits per heavy atom. The molecule has 4 rings (SSSR count). The maximum atomic E-state index is 14.5. The van der Waals surface area contributed by atoms with Crippen LogP contribution in [0.1, 0.15) is 47.8 Å². The molecule has 0 radical (unpaired) electrons. The van der Waals surface area contributed by atoms with Gasteiger partial charge in [0.1, 0.15) is 5.82 Å². The van der Waals surface area contributed by atoms with Crippen molar-refractivity contribution in [1.82, 2.24) is 14.7 Å². The molecule has 33 heavy (non-hydrogen) atoms. The van der Waals surface area contributed by atoms with E-state index in [1.165, 1.54) is 17.4 Å². The van der Waals surface area contributed by atoms with Crippen LogP contribution in [0.25, 0.3) is 0 Å². The molecule has 2 saturated heterocycles. The molecule has 1 aromatic heterocycles. The van der Waals surface area contributed by atoms with E-state index in [0.717, 1.165) is 56.7 Å². The molecule has 7 heteroatoms. The van der Waals surface area contributed by atoms with Crippen LogP contribution in [0.4, 0.5) is 4.39 Å². The van der Waals surface area contributed by atoms with Crippen molar-refractivity contribution < 1.29 is 14.0 Å². The van der Waals surface area contributed by atoms with E-state index >= 15 is 0 Å². The molecule has 0 aliphatic carbocycles. The normalized spacial score (nSPS) is 19.4. The summed E-state index contributed by atoms with van der Waals surface area (Å²) in [7, 11) is 1.87. The van der Waals surface area contributed by atoms with E-state index in [4.69, 9.17) is 0 Å². The van der Waals surface area contributed by atoms with E-state index in [1.807, 2.05) is 46.5 Å². The van der Waals surface area contributed by atoms with Crippen molar-refractivity contribution in [3.8, 4) is 0 Å². The summed E-state index contributed by atoms with van der Waals surface area (Å²) in [5.74, 6) is 0.313. The summed E-state index contributed by atoms with van der Waals surface area (Å²) in [4.78, 5) is 31.9. The summed E-state index contributed by atoms with van der Waals surface area (Å²) in [5, 5.41) is 1.92. The average molecular weight is 472 g/mol. The maximum Gasteiger partial charge on any atom is 0.263 e. The first kappa shape index (κ1) is 23.9. The van der Waals surface area contributed by atoms with Crippen molar-refractivity contribution in [2.45, 2.75) is 51.1 Å². The van der Waals surface area contributed by atoms with Crippen LogP contribution in [0.3, 0.4) is 0 Å². The second kappa shape index (κ2) is 10.8. The molecule has 0 bridgehead atoms. The highest BCUT2D eigenvalue weighted by Gasteiger charge is 2.35. The molecule has 2 fully saturated rings. The van der Waals surface area contributed by atoms with Gasteiger partial charge >= 0.3 is 0 Å². The standard InChI is InChI=1S/C26H34FN3O2S/c1-19(31)29-15-11-22(12-16-29)30-13-9-20(10-14-30)24(18-21-6-3-4-7-23(21)27)28(2)26(32)25-8-5-17-33-25/h3-8,17,20,22,24H,9-16,18H2,1-2H3. The lowest BCUT2D eigenvalue weighted by Crippen LogP contribution is -2.51. The smallest absolute Gasteiger partial charge is 0.263 e. The van der Waals surface area contributed by atoms with Gasteiger partial charge in [-0.1, -0.05) is 24.3 Å². The highest BCUT2D eigenvalue weighted by Crippen LogP contribution is 2.30. The first-order chi connectivity index (χ1) is 15.9. The molecule has 2 aromatic rings. The highest BCUT2D eigenvalue weighted by molar-refractivity contribution is 7.12. The summed E-state index contributed by atoms with van der Waals surface area (Å²) in [6.45, 7) is 5.31. The third kappa shape index (κ3) is 5.64. The van der Waals surface area contributed by atoms with Gasteiger partial charge in [-0.3, -0.25) is 9.59 Å². The topological polar surface area (TPSA) is 43.9 Å². The van der Waals surface area contributed by atoms with Crippen LogP contribution >= 0.6 is 11.3 Å². The summed E-state index contributed by atoms with van der Waals surface area (Å²) >= 11 is 1.45. The molecular formula is C26H34FN3O2S. The Morgan fingerprint density at radius 3 is 2.36 bits per heavy atom. The fourth-order valence-electron chi connectivity index (χ4n) is 5.45. The second-order valence-corrected chi connectivity index (χ2v) is 10.3. The quantitative estimate of drug-likeness (QED) is 0.631. The summed E-state index contributed by atoms with van der Waals surface area (Å²) in [6, 6.07) is 11.2. The Kier molecular flexibility index (Phi) is 7.81. The van der Waals surface area contributed by atoms with Crippen molar-refractivity contribution in [3.05, 3.63) is 58.0 Å². The van der Waals surface area contributed by atoms with Gasteiger partial charge < -0.3 is 14.7 Å². The predicted octanol–water partition coefficient (Wildman–Crippen LogP) is 4.29. The number of halogens is 1. The lowest BCUT2D eigenvalue weighted by Gasteiger charge is -2.44. The molecule has 3 heterocycles. The van der Waals surface area contributed by atoms with E-state index in [9.17, 15) is 14.0 Å². The van der Waals surface area contributed by atoms with E-state index in [2.05, 4.69) is 4.90 Å². The third-order valence-corrected chi connectivity index (χ3v) is 8.34. The van der Waals surface area contributed by atoms with Crippen LogP contribution in [0.15, 0.2) is 41.8 Å². The van der Waals surface area contributed by atoms with Crippen LogP contribution in [0, 0.1) is 11.7 Å². The zero-order chi connectivity index (χ0) is 23.4. The van der Waals surface area contributed by atoms with Gasteiger partial charge in [-0.25, -0.2) is 4.39 Å². The molecule has 1 aromatic carbocycles. The number of likely N-dealkylation sites (N-methyl/N-ethyl adjacent to an activating group) is 1. The van der Waals surface area contributed by atoms with Crippen LogP contribution in [0.2, 0.25) is 0 Å². The van der Waals surface area contributed by atoms with E-state index in [-0.39, 0.29) is 23.7 Å². The molecule has 0 saturated carbocycles. The first-order valence-electron chi connectivity index (χ1n) is 12.0. The lowest BCUT2D eigenvalue weighted by molar-refractivity contribution is -0.130. The van der Waals surface area contributed by atoms with E-state index in [1.54, 1.807) is 13.0 Å². The monoisotopic (exact) mass is 471 g/mol. The average Bonchev–Trinajstić information content (AvgIpc) is 3.38. The number of hydrogen-bond donors (Lipinski definition) is 0. The van der Waals surface area contributed by atoms with Crippen LogP contribution in [-0.4, -0.2) is 71.8 Å². The zero-order valence-electron chi connectivity index (χ0n) is 19.6. The molecule has 2 aliphatic rings. The number of carbonyl (C=O) groups excluding carboxylic acids is 2. The number of amides is 2. The fraction of sp³-hybridized carbons (Fsp3) is 0.538. The van der Waals surface area contributed by atoms with Crippen molar-refractivity contribution in [3.63, 3.8) is 0 Å². The zero-order valence-corrected chi connectivity index (χ0v) is 20.4. The van der Waals surface area contributed by atoms with Crippen LogP contribution < -0.4 is 0 Å². The Bertz CT molecular complexity index is 935. The van der Waals surface area contributed by atoms with Crippen molar-refractivity contribution in [2.75, 3.05) is 33.2 Å². The highest BCUT2D eigenvalue weighted by atomic mass is 32.1. The molecule has 1 atom stereocenters. The minimum absolute atomic E-state index is 0.0189. The van der Waals surface area contributed by atoms with Gasteiger partial charge in [0.25, 0.3) is 5.91 Å². The van der Waals surface area contributed by atoms with Gasteiger partial charge in [-0.05, 0) is 74.2 Å². The number of hydrogen-bond acceptors (Lipinski definition) is 4. The number of nitrogens with zero attached hydrogens (tertiary/aromatic N) is 3. The Hall–Kier alpha value is -2.25. The number of carbonyl (C=O) groups is 2. The minimum atomic E-state index is -0.200. The van der Waals surface area contributed by atoms with Crippen LogP contribution in [0.5, 0.6) is 0 Å². The molecular weight excluding hydrogens is 437 g/mol. The number of likely N-dealkylation sites (tertiary alicyclic amines) is 2. The van der Waals surface area contributed by atoms with Crippen molar-refractivity contribution >= 4 is 23.2 Å². The maximum absolute atomic E-state index is 14.5. The first-order valence-corrected chi connectivity index (χ1v) is 12.9. The Morgan fingerprint density at radius 1 is 1.06 bits per heavy atom. The number of thiophene rings is 1. The summed E-state index contributed by atoms with van der Waals surface area (Å²) in [6.07, 6.45) is 4.57.